The van der Waals surface area contributed by atoms with Crippen LogP contribution in [0.3, 0.4) is 0 Å². The number of hydrogen-bond acceptors (Lipinski definition) is 6. The molecule has 1 atom stereocenters. The van der Waals surface area contributed by atoms with Crippen molar-refractivity contribution < 1.29 is 4.74 Å². The monoisotopic (exact) mass is 410 g/mol. The Hall–Kier alpha value is -2.24. The zero-order valence-electron chi connectivity index (χ0n) is 16.8. The molecule has 8 heteroatoms. The van der Waals surface area contributed by atoms with E-state index >= 15 is 0 Å². The second-order valence-electron chi connectivity index (χ2n) is 8.21. The van der Waals surface area contributed by atoms with E-state index in [4.69, 9.17) is 4.74 Å². The highest BCUT2D eigenvalue weighted by atomic mass is 31.0. The molecule has 152 valence electrons. The summed E-state index contributed by atoms with van der Waals surface area (Å²) in [5.41, 5.74) is 2.66. The fourth-order valence-electron chi connectivity index (χ4n) is 3.85. The average molecular weight is 410 g/mol. The number of fused-ring (bicyclic) bond motifs is 1. The standard InChI is InChI=1S/C21H27N6OP/c1-21(4-5-21)28-15-2-3-17-16(12-15)20(25-24-17)18-13-19(23-14-22-18)27-8-6-26(7-9-27)10-11-29/h2-3,12-14H,4-11,29H2,1H3,(H,24,25). The Morgan fingerprint density at radius 3 is 2.72 bits per heavy atom. The lowest BCUT2D eigenvalue weighted by atomic mass is 10.1. The number of rotatable bonds is 6. The highest BCUT2D eigenvalue weighted by molar-refractivity contribution is 7.16. The molecule has 1 N–H and O–H groups in total. The number of nitrogens with zero attached hydrogens (tertiary/aromatic N) is 5. The first-order valence-corrected chi connectivity index (χ1v) is 11.1. The maximum absolute atomic E-state index is 6.14. The molecule has 29 heavy (non-hydrogen) atoms. The molecule has 2 fully saturated rings. The summed E-state index contributed by atoms with van der Waals surface area (Å²) in [5, 5.41) is 8.69. The molecule has 2 aromatic heterocycles. The van der Waals surface area contributed by atoms with Crippen molar-refractivity contribution in [3.8, 4) is 17.1 Å². The summed E-state index contributed by atoms with van der Waals surface area (Å²) in [6.45, 7) is 7.40. The van der Waals surface area contributed by atoms with E-state index in [-0.39, 0.29) is 5.60 Å². The third kappa shape index (κ3) is 3.94. The van der Waals surface area contributed by atoms with Crippen molar-refractivity contribution in [2.45, 2.75) is 25.4 Å². The number of H-pyrrole nitrogens is 1. The van der Waals surface area contributed by atoms with Crippen LogP contribution in [-0.2, 0) is 0 Å². The predicted octanol–water partition coefficient (Wildman–Crippen LogP) is 2.95. The molecule has 1 saturated carbocycles. The van der Waals surface area contributed by atoms with Gasteiger partial charge in [0.05, 0.1) is 11.2 Å². The average Bonchev–Trinajstić information content (AvgIpc) is 3.31. The zero-order chi connectivity index (χ0) is 19.8. The van der Waals surface area contributed by atoms with Gasteiger partial charge in [-0.3, -0.25) is 10.00 Å². The lowest BCUT2D eigenvalue weighted by molar-refractivity contribution is 0.200. The van der Waals surface area contributed by atoms with Gasteiger partial charge < -0.3 is 9.64 Å². The number of anilines is 1. The topological polar surface area (TPSA) is 70.2 Å². The van der Waals surface area contributed by atoms with E-state index in [9.17, 15) is 0 Å². The summed E-state index contributed by atoms with van der Waals surface area (Å²) in [7, 11) is 2.81. The lowest BCUT2D eigenvalue weighted by Crippen LogP contribution is -2.47. The van der Waals surface area contributed by atoms with Crippen LogP contribution in [0.2, 0.25) is 0 Å². The van der Waals surface area contributed by atoms with Crippen LogP contribution in [0.1, 0.15) is 19.8 Å². The molecule has 1 unspecified atom stereocenters. The molecule has 0 bridgehead atoms. The van der Waals surface area contributed by atoms with Crippen molar-refractivity contribution in [2.75, 3.05) is 43.8 Å². The van der Waals surface area contributed by atoms with Crippen molar-refractivity contribution in [2.24, 2.45) is 0 Å². The van der Waals surface area contributed by atoms with Gasteiger partial charge in [0.25, 0.3) is 0 Å². The third-order valence-electron chi connectivity index (χ3n) is 5.89. The first kappa shape index (κ1) is 18.8. The van der Waals surface area contributed by atoms with Crippen LogP contribution in [0.5, 0.6) is 5.75 Å². The number of aromatic nitrogens is 4. The summed E-state index contributed by atoms with van der Waals surface area (Å²) in [4.78, 5) is 13.9. The summed E-state index contributed by atoms with van der Waals surface area (Å²) in [5.74, 6) is 1.86. The Labute approximate surface area is 173 Å². The maximum Gasteiger partial charge on any atom is 0.132 e. The van der Waals surface area contributed by atoms with Gasteiger partial charge in [-0.15, -0.1) is 9.24 Å². The van der Waals surface area contributed by atoms with Crippen molar-refractivity contribution in [1.29, 1.82) is 0 Å². The Morgan fingerprint density at radius 1 is 1.14 bits per heavy atom. The van der Waals surface area contributed by atoms with E-state index < -0.39 is 0 Å². The maximum atomic E-state index is 6.14. The van der Waals surface area contributed by atoms with Gasteiger partial charge in [0.2, 0.25) is 0 Å². The molecule has 7 nitrogen and oxygen atoms in total. The van der Waals surface area contributed by atoms with Crippen LogP contribution in [0.4, 0.5) is 5.82 Å². The molecular weight excluding hydrogens is 383 g/mol. The normalized spacial score (nSPS) is 18.9. The molecule has 1 saturated heterocycles. The molecule has 1 aromatic carbocycles. The predicted molar refractivity (Wildman–Crippen MR) is 119 cm³/mol. The SMILES string of the molecule is CC1(Oc2ccc3[nH]nc(-c4cc(N5CCN(CCP)CC5)ncn4)c3c2)CC1. The molecule has 1 aliphatic heterocycles. The minimum absolute atomic E-state index is 0.00172. The van der Waals surface area contributed by atoms with Crippen molar-refractivity contribution in [1.82, 2.24) is 25.1 Å². The van der Waals surface area contributed by atoms with E-state index in [0.29, 0.717) is 0 Å². The quantitative estimate of drug-likeness (QED) is 0.630. The molecule has 0 spiro atoms. The zero-order valence-corrected chi connectivity index (χ0v) is 17.9. The largest absolute Gasteiger partial charge is 0.488 e. The van der Waals surface area contributed by atoms with Gasteiger partial charge in [0, 0.05) is 44.2 Å². The minimum Gasteiger partial charge on any atom is -0.488 e. The Bertz CT molecular complexity index is 1010. The Kier molecular flexibility index (Phi) is 4.88. The molecule has 0 amide bonds. The van der Waals surface area contributed by atoms with E-state index in [2.05, 4.69) is 58.3 Å². The number of aromatic amines is 1. The fraction of sp³-hybridized carbons (Fsp3) is 0.476. The van der Waals surface area contributed by atoms with E-state index in [1.54, 1.807) is 6.33 Å². The highest BCUT2D eigenvalue weighted by Gasteiger charge is 2.40. The van der Waals surface area contributed by atoms with Gasteiger partial charge in [-0.05, 0) is 44.1 Å². The summed E-state index contributed by atoms with van der Waals surface area (Å²) in [6, 6.07) is 8.16. The van der Waals surface area contributed by atoms with Crippen LogP contribution in [0, 0.1) is 0 Å². The van der Waals surface area contributed by atoms with Gasteiger partial charge in [-0.1, -0.05) is 0 Å². The van der Waals surface area contributed by atoms with Crippen molar-refractivity contribution in [3.63, 3.8) is 0 Å². The number of benzene rings is 1. The van der Waals surface area contributed by atoms with Crippen molar-refractivity contribution in [3.05, 3.63) is 30.6 Å². The fourth-order valence-corrected chi connectivity index (χ4v) is 4.21. The van der Waals surface area contributed by atoms with E-state index in [0.717, 1.165) is 85.6 Å². The smallest absolute Gasteiger partial charge is 0.132 e. The Balaban J connectivity index is 1.40. The number of hydrogen-bond donors (Lipinski definition) is 1. The van der Waals surface area contributed by atoms with Gasteiger partial charge in [0.15, 0.2) is 0 Å². The van der Waals surface area contributed by atoms with Crippen LogP contribution < -0.4 is 9.64 Å². The van der Waals surface area contributed by atoms with Gasteiger partial charge >= 0.3 is 0 Å². The van der Waals surface area contributed by atoms with Crippen molar-refractivity contribution >= 4 is 26.0 Å². The highest BCUT2D eigenvalue weighted by Crippen LogP contribution is 2.40. The molecule has 2 aliphatic rings. The minimum atomic E-state index is -0.00172. The first-order valence-electron chi connectivity index (χ1n) is 10.3. The molecule has 0 radical (unpaired) electrons. The second kappa shape index (κ2) is 7.54. The van der Waals surface area contributed by atoms with E-state index in [1.165, 1.54) is 0 Å². The molecule has 3 aromatic rings. The third-order valence-corrected chi connectivity index (χ3v) is 6.15. The first-order chi connectivity index (χ1) is 14.1. The number of nitrogens with one attached hydrogen (secondary N) is 1. The Morgan fingerprint density at radius 2 is 1.97 bits per heavy atom. The van der Waals surface area contributed by atoms with E-state index in [1.807, 2.05) is 12.1 Å². The molecule has 5 rings (SSSR count). The van der Waals surface area contributed by atoms with Crippen LogP contribution in [-0.4, -0.2) is 69.6 Å². The summed E-state index contributed by atoms with van der Waals surface area (Å²) in [6.07, 6.45) is 4.99. The summed E-state index contributed by atoms with van der Waals surface area (Å²) >= 11 is 0. The number of piperazine rings is 1. The van der Waals surface area contributed by atoms with Crippen LogP contribution in [0.15, 0.2) is 30.6 Å². The van der Waals surface area contributed by atoms with Crippen LogP contribution >= 0.6 is 9.24 Å². The van der Waals surface area contributed by atoms with Crippen LogP contribution in [0.25, 0.3) is 22.3 Å². The lowest BCUT2D eigenvalue weighted by Gasteiger charge is -2.35. The van der Waals surface area contributed by atoms with Gasteiger partial charge in [0.1, 0.15) is 29.2 Å². The number of ether oxygens (including phenoxy) is 1. The second-order valence-corrected chi connectivity index (χ2v) is 8.79. The summed E-state index contributed by atoms with van der Waals surface area (Å²) < 4.78 is 6.14. The molecule has 1 aliphatic carbocycles. The van der Waals surface area contributed by atoms with Gasteiger partial charge in [-0.25, -0.2) is 9.97 Å². The van der Waals surface area contributed by atoms with Gasteiger partial charge in [-0.2, -0.15) is 5.10 Å². The molecular formula is C21H27N6OP. The molecule has 3 heterocycles.